The summed E-state index contributed by atoms with van der Waals surface area (Å²) >= 11 is 0. The zero-order chi connectivity index (χ0) is 20.0. The van der Waals surface area contributed by atoms with Crippen molar-refractivity contribution in [3.63, 3.8) is 0 Å². The Bertz CT molecular complexity index is 1070. The highest BCUT2D eigenvalue weighted by molar-refractivity contribution is 6.06. The standard InChI is InChI=1S/C21H22N6O2/c1-24-19(28)21(27(20(24)29)15-16-5-3-2-4-6-16)7-10-25(11-8-21)18-14-22-13-17-23-9-12-26(17)18/h2-6,9,12-14H,7-8,10-11,15H2,1H3. The van der Waals surface area contributed by atoms with Gasteiger partial charge in [0.05, 0.1) is 12.4 Å². The van der Waals surface area contributed by atoms with Gasteiger partial charge in [0.15, 0.2) is 5.65 Å². The average molecular weight is 390 g/mol. The molecule has 0 saturated carbocycles. The second kappa shape index (κ2) is 6.58. The van der Waals surface area contributed by atoms with Crippen molar-refractivity contribution in [3.8, 4) is 0 Å². The maximum absolute atomic E-state index is 13.1. The number of rotatable bonds is 3. The number of carbonyl (C=O) groups is 2. The Hall–Kier alpha value is -3.42. The number of fused-ring (bicyclic) bond motifs is 1. The number of urea groups is 1. The molecule has 8 nitrogen and oxygen atoms in total. The van der Waals surface area contributed by atoms with E-state index in [1.165, 1.54) is 4.90 Å². The zero-order valence-electron chi connectivity index (χ0n) is 16.2. The fourth-order valence-electron chi connectivity index (χ4n) is 4.52. The lowest BCUT2D eigenvalue weighted by molar-refractivity contribution is -0.133. The van der Waals surface area contributed by atoms with Gasteiger partial charge in [0.2, 0.25) is 0 Å². The molecule has 0 radical (unpaired) electrons. The fraction of sp³-hybridized carbons (Fsp3) is 0.333. The summed E-state index contributed by atoms with van der Waals surface area (Å²) in [4.78, 5) is 39.8. The molecular formula is C21H22N6O2. The number of nitrogens with zero attached hydrogens (tertiary/aromatic N) is 6. The van der Waals surface area contributed by atoms with Crippen LogP contribution in [0.1, 0.15) is 18.4 Å². The average Bonchev–Trinajstić information content (AvgIpc) is 3.31. The van der Waals surface area contributed by atoms with Crippen LogP contribution in [0, 0.1) is 0 Å². The number of likely N-dealkylation sites (N-methyl/N-ethyl adjacent to an activating group) is 1. The van der Waals surface area contributed by atoms with Crippen LogP contribution in [0.5, 0.6) is 0 Å². The van der Waals surface area contributed by atoms with Gasteiger partial charge in [-0.05, 0) is 18.4 Å². The van der Waals surface area contributed by atoms with Crippen LogP contribution in [-0.4, -0.2) is 61.8 Å². The van der Waals surface area contributed by atoms with E-state index in [0.29, 0.717) is 32.5 Å². The number of benzene rings is 1. The minimum Gasteiger partial charge on any atom is -0.356 e. The first-order valence-corrected chi connectivity index (χ1v) is 9.76. The molecule has 2 saturated heterocycles. The molecule has 0 N–H and O–H groups in total. The summed E-state index contributed by atoms with van der Waals surface area (Å²) in [7, 11) is 1.58. The number of imide groups is 1. The molecule has 8 heteroatoms. The van der Waals surface area contributed by atoms with E-state index >= 15 is 0 Å². The quantitative estimate of drug-likeness (QED) is 0.641. The molecular weight excluding hydrogens is 368 g/mol. The molecule has 2 aliphatic heterocycles. The zero-order valence-corrected chi connectivity index (χ0v) is 16.2. The van der Waals surface area contributed by atoms with Crippen LogP contribution in [0.15, 0.2) is 55.1 Å². The van der Waals surface area contributed by atoms with E-state index in [0.717, 1.165) is 17.0 Å². The Labute approximate surface area is 168 Å². The van der Waals surface area contributed by atoms with Crippen molar-refractivity contribution in [2.24, 2.45) is 0 Å². The van der Waals surface area contributed by atoms with Crippen LogP contribution >= 0.6 is 0 Å². The molecule has 148 valence electrons. The third-order valence-corrected chi connectivity index (χ3v) is 6.13. The van der Waals surface area contributed by atoms with Crippen molar-refractivity contribution in [3.05, 3.63) is 60.7 Å². The Morgan fingerprint density at radius 3 is 2.59 bits per heavy atom. The first-order valence-electron chi connectivity index (χ1n) is 9.76. The topological polar surface area (TPSA) is 74.1 Å². The van der Waals surface area contributed by atoms with E-state index in [9.17, 15) is 9.59 Å². The first-order chi connectivity index (χ1) is 14.1. The molecule has 3 amide bonds. The van der Waals surface area contributed by atoms with Crippen molar-refractivity contribution in [1.29, 1.82) is 0 Å². The van der Waals surface area contributed by atoms with E-state index in [4.69, 9.17) is 0 Å². The highest BCUT2D eigenvalue weighted by Gasteiger charge is 2.56. The Kier molecular flexibility index (Phi) is 4.01. The third kappa shape index (κ3) is 2.66. The predicted octanol–water partition coefficient (Wildman–Crippen LogP) is 2.16. The van der Waals surface area contributed by atoms with Gasteiger partial charge in [0.25, 0.3) is 5.91 Å². The van der Waals surface area contributed by atoms with Gasteiger partial charge >= 0.3 is 6.03 Å². The van der Waals surface area contributed by atoms with Crippen LogP contribution in [-0.2, 0) is 11.3 Å². The summed E-state index contributed by atoms with van der Waals surface area (Å²) in [6.07, 6.45) is 8.38. The van der Waals surface area contributed by atoms with Crippen molar-refractivity contribution in [1.82, 2.24) is 24.2 Å². The van der Waals surface area contributed by atoms with Gasteiger partial charge in [-0.1, -0.05) is 30.3 Å². The van der Waals surface area contributed by atoms with E-state index < -0.39 is 5.54 Å². The molecule has 0 aliphatic carbocycles. The second-order valence-electron chi connectivity index (χ2n) is 7.66. The minimum absolute atomic E-state index is 0.1000. The summed E-state index contributed by atoms with van der Waals surface area (Å²) in [6, 6.07) is 9.62. The molecule has 0 bridgehead atoms. The van der Waals surface area contributed by atoms with Crippen molar-refractivity contribution < 1.29 is 9.59 Å². The number of carbonyl (C=O) groups excluding carboxylic acids is 2. The summed E-state index contributed by atoms with van der Waals surface area (Å²) in [5.74, 6) is 0.853. The Balaban J connectivity index is 1.43. The SMILES string of the molecule is CN1C(=O)N(Cc2ccccc2)C2(CCN(c3cncc4nccn34)CC2)C1=O. The van der Waals surface area contributed by atoms with Crippen LogP contribution in [0.25, 0.3) is 5.65 Å². The molecule has 4 heterocycles. The van der Waals surface area contributed by atoms with E-state index in [-0.39, 0.29) is 11.9 Å². The molecule has 3 aromatic rings. The highest BCUT2D eigenvalue weighted by Crippen LogP contribution is 2.38. The van der Waals surface area contributed by atoms with E-state index in [1.54, 1.807) is 24.3 Å². The van der Waals surface area contributed by atoms with Gasteiger partial charge < -0.3 is 9.80 Å². The number of hydrogen-bond acceptors (Lipinski definition) is 5. The van der Waals surface area contributed by atoms with Gasteiger partial charge in [-0.2, -0.15) is 0 Å². The lowest BCUT2D eigenvalue weighted by Crippen LogP contribution is -2.56. The van der Waals surface area contributed by atoms with E-state index in [1.807, 2.05) is 47.1 Å². The van der Waals surface area contributed by atoms with Gasteiger partial charge in [0.1, 0.15) is 11.4 Å². The number of anilines is 1. The van der Waals surface area contributed by atoms with Gasteiger partial charge in [-0.25, -0.2) is 9.78 Å². The lowest BCUT2D eigenvalue weighted by atomic mass is 9.85. The normalized spacial score (nSPS) is 19.0. The number of aromatic nitrogens is 3. The van der Waals surface area contributed by atoms with Crippen LogP contribution in [0.2, 0.25) is 0 Å². The molecule has 1 aromatic carbocycles. The maximum Gasteiger partial charge on any atom is 0.327 e. The molecule has 2 fully saturated rings. The largest absolute Gasteiger partial charge is 0.356 e. The Morgan fingerprint density at radius 1 is 1.07 bits per heavy atom. The van der Waals surface area contributed by atoms with Gasteiger partial charge in [-0.3, -0.25) is 19.1 Å². The summed E-state index contributed by atoms with van der Waals surface area (Å²) in [6.45, 7) is 1.77. The van der Waals surface area contributed by atoms with E-state index in [2.05, 4.69) is 14.9 Å². The molecule has 2 aromatic heterocycles. The number of piperidine rings is 1. The predicted molar refractivity (Wildman–Crippen MR) is 107 cm³/mol. The Morgan fingerprint density at radius 2 is 1.83 bits per heavy atom. The second-order valence-corrected chi connectivity index (χ2v) is 7.66. The third-order valence-electron chi connectivity index (χ3n) is 6.13. The highest BCUT2D eigenvalue weighted by atomic mass is 16.2. The summed E-state index contributed by atoms with van der Waals surface area (Å²) < 4.78 is 2.00. The molecule has 0 unspecified atom stereocenters. The summed E-state index contributed by atoms with van der Waals surface area (Å²) in [5, 5.41) is 0. The fourth-order valence-corrected chi connectivity index (χ4v) is 4.52. The summed E-state index contributed by atoms with van der Waals surface area (Å²) in [5.41, 5.74) is 1.03. The monoisotopic (exact) mass is 390 g/mol. The molecule has 2 aliphatic rings. The van der Waals surface area contributed by atoms with Crippen LogP contribution in [0.3, 0.4) is 0 Å². The van der Waals surface area contributed by atoms with Gasteiger partial charge in [-0.15, -0.1) is 0 Å². The molecule has 5 rings (SSSR count). The number of hydrogen-bond donors (Lipinski definition) is 0. The molecule has 29 heavy (non-hydrogen) atoms. The van der Waals surface area contributed by atoms with Crippen molar-refractivity contribution >= 4 is 23.4 Å². The number of amides is 3. The van der Waals surface area contributed by atoms with Crippen LogP contribution in [0.4, 0.5) is 10.6 Å². The maximum atomic E-state index is 13.1. The first kappa shape index (κ1) is 17.7. The smallest absolute Gasteiger partial charge is 0.327 e. The van der Waals surface area contributed by atoms with Crippen molar-refractivity contribution in [2.45, 2.75) is 24.9 Å². The van der Waals surface area contributed by atoms with Gasteiger partial charge in [0, 0.05) is 39.1 Å². The molecule has 0 atom stereocenters. The van der Waals surface area contributed by atoms with Crippen molar-refractivity contribution in [2.75, 3.05) is 25.0 Å². The minimum atomic E-state index is -0.783. The number of imidazole rings is 1. The van der Waals surface area contributed by atoms with Crippen LogP contribution < -0.4 is 4.90 Å². The lowest BCUT2D eigenvalue weighted by Gasteiger charge is -2.42. The molecule has 1 spiro atoms.